The molecule has 4 nitrogen and oxygen atoms in total. The molecule has 0 aromatic carbocycles. The molecule has 0 aliphatic rings. The van der Waals surface area contributed by atoms with E-state index in [1.165, 1.54) is 0 Å². The molecule has 0 atom stereocenters. The number of anilines is 1. The Hall–Kier alpha value is -1.49. The monoisotopic (exact) mass is 220 g/mol. The van der Waals surface area contributed by atoms with Crippen LogP contribution in [0, 0.1) is 13.8 Å². The van der Waals surface area contributed by atoms with E-state index in [0.29, 0.717) is 6.54 Å². The van der Waals surface area contributed by atoms with E-state index in [1.54, 1.807) is 11.3 Å². The van der Waals surface area contributed by atoms with Crippen molar-refractivity contribution in [1.29, 1.82) is 0 Å². The highest BCUT2D eigenvalue weighted by Crippen LogP contribution is 2.09. The van der Waals surface area contributed by atoms with Crippen LogP contribution in [-0.4, -0.2) is 15.2 Å². The van der Waals surface area contributed by atoms with Crippen molar-refractivity contribution in [3.05, 3.63) is 33.9 Å². The van der Waals surface area contributed by atoms with E-state index < -0.39 is 0 Å². The number of aryl methyl sites for hydroxylation is 2. The summed E-state index contributed by atoms with van der Waals surface area (Å²) in [5.74, 6) is 0.784. The first-order valence-electron chi connectivity index (χ1n) is 4.69. The minimum Gasteiger partial charge on any atom is -0.363 e. The van der Waals surface area contributed by atoms with Crippen LogP contribution in [-0.2, 0) is 6.54 Å². The Labute approximate surface area is 92.4 Å². The van der Waals surface area contributed by atoms with Crippen LogP contribution in [0.5, 0.6) is 0 Å². The van der Waals surface area contributed by atoms with Gasteiger partial charge in [-0.2, -0.15) is 5.10 Å². The molecule has 1 N–H and O–H groups in total. The molecule has 0 bridgehead atoms. The topological polar surface area (TPSA) is 50.7 Å². The van der Waals surface area contributed by atoms with Gasteiger partial charge in [0.25, 0.3) is 0 Å². The SMILES string of the molecule is Cc1ccc(NCc2csc(C)n2)nn1. The molecule has 0 amide bonds. The minimum absolute atomic E-state index is 0.697. The van der Waals surface area contributed by atoms with Gasteiger partial charge in [-0.25, -0.2) is 4.98 Å². The molecule has 0 radical (unpaired) electrons. The number of thiazole rings is 1. The number of rotatable bonds is 3. The highest BCUT2D eigenvalue weighted by molar-refractivity contribution is 7.09. The summed E-state index contributed by atoms with van der Waals surface area (Å²) in [6.07, 6.45) is 0. The third-order valence-electron chi connectivity index (χ3n) is 1.92. The quantitative estimate of drug-likeness (QED) is 0.861. The van der Waals surface area contributed by atoms with Gasteiger partial charge in [0.2, 0.25) is 0 Å². The Balaban J connectivity index is 1.96. The number of hydrogen-bond acceptors (Lipinski definition) is 5. The van der Waals surface area contributed by atoms with Crippen LogP contribution in [0.25, 0.3) is 0 Å². The van der Waals surface area contributed by atoms with Gasteiger partial charge < -0.3 is 5.32 Å². The standard InChI is InChI=1S/C10H12N4S/c1-7-3-4-10(14-13-7)11-5-9-6-15-8(2)12-9/h3-4,6H,5H2,1-2H3,(H,11,14). The first-order valence-corrected chi connectivity index (χ1v) is 5.57. The van der Waals surface area contributed by atoms with Crippen LogP contribution >= 0.6 is 11.3 Å². The van der Waals surface area contributed by atoms with Gasteiger partial charge in [-0.05, 0) is 26.0 Å². The van der Waals surface area contributed by atoms with Gasteiger partial charge in [-0.1, -0.05) is 0 Å². The molecule has 5 heteroatoms. The Kier molecular flexibility index (Phi) is 2.91. The second kappa shape index (κ2) is 4.35. The molecule has 0 saturated heterocycles. The minimum atomic E-state index is 0.697. The molecule has 15 heavy (non-hydrogen) atoms. The smallest absolute Gasteiger partial charge is 0.148 e. The molecular weight excluding hydrogens is 208 g/mol. The molecule has 78 valence electrons. The highest BCUT2D eigenvalue weighted by Gasteiger charge is 1.99. The Morgan fingerprint density at radius 2 is 2.13 bits per heavy atom. The molecule has 0 aliphatic heterocycles. The largest absolute Gasteiger partial charge is 0.363 e. The second-order valence-corrected chi connectivity index (χ2v) is 4.33. The van der Waals surface area contributed by atoms with E-state index in [9.17, 15) is 0 Å². The van der Waals surface area contributed by atoms with Crippen LogP contribution in [0.3, 0.4) is 0 Å². The summed E-state index contributed by atoms with van der Waals surface area (Å²) in [5.41, 5.74) is 1.96. The zero-order chi connectivity index (χ0) is 10.7. The predicted octanol–water partition coefficient (Wildman–Crippen LogP) is 2.16. The van der Waals surface area contributed by atoms with E-state index in [0.717, 1.165) is 22.2 Å². The van der Waals surface area contributed by atoms with E-state index in [-0.39, 0.29) is 0 Å². The summed E-state index contributed by atoms with van der Waals surface area (Å²) >= 11 is 1.65. The molecule has 0 fully saturated rings. The van der Waals surface area contributed by atoms with Crippen molar-refractivity contribution in [1.82, 2.24) is 15.2 Å². The lowest BCUT2D eigenvalue weighted by atomic mass is 10.4. The number of nitrogens with zero attached hydrogens (tertiary/aromatic N) is 3. The molecule has 0 saturated carbocycles. The van der Waals surface area contributed by atoms with Gasteiger partial charge in [0.05, 0.1) is 22.9 Å². The Bertz CT molecular complexity index is 435. The van der Waals surface area contributed by atoms with E-state index in [2.05, 4.69) is 20.5 Å². The average Bonchev–Trinajstić information content (AvgIpc) is 2.64. The summed E-state index contributed by atoms with van der Waals surface area (Å²) < 4.78 is 0. The molecular formula is C10H12N4S. The summed E-state index contributed by atoms with van der Waals surface area (Å²) in [4.78, 5) is 4.35. The fourth-order valence-corrected chi connectivity index (χ4v) is 1.78. The Morgan fingerprint density at radius 3 is 2.73 bits per heavy atom. The van der Waals surface area contributed by atoms with Crippen molar-refractivity contribution in [2.24, 2.45) is 0 Å². The van der Waals surface area contributed by atoms with Gasteiger partial charge in [0, 0.05) is 5.38 Å². The van der Waals surface area contributed by atoms with Gasteiger partial charge in [-0.15, -0.1) is 16.4 Å². The van der Waals surface area contributed by atoms with Gasteiger partial charge in [-0.3, -0.25) is 0 Å². The predicted molar refractivity (Wildman–Crippen MR) is 60.9 cm³/mol. The van der Waals surface area contributed by atoms with Crippen LogP contribution in [0.4, 0.5) is 5.82 Å². The van der Waals surface area contributed by atoms with Crippen molar-refractivity contribution in [3.63, 3.8) is 0 Å². The van der Waals surface area contributed by atoms with E-state index >= 15 is 0 Å². The zero-order valence-corrected chi connectivity index (χ0v) is 9.51. The lowest BCUT2D eigenvalue weighted by Crippen LogP contribution is -2.02. The average molecular weight is 220 g/mol. The summed E-state index contributed by atoms with van der Waals surface area (Å²) in [7, 11) is 0. The molecule has 2 rings (SSSR count). The normalized spacial score (nSPS) is 10.3. The lowest BCUT2D eigenvalue weighted by molar-refractivity contribution is 0.953. The van der Waals surface area contributed by atoms with Gasteiger partial charge in [0.1, 0.15) is 5.82 Å². The highest BCUT2D eigenvalue weighted by atomic mass is 32.1. The van der Waals surface area contributed by atoms with E-state index in [1.807, 2.05) is 31.4 Å². The number of nitrogens with one attached hydrogen (secondary N) is 1. The maximum absolute atomic E-state index is 4.35. The van der Waals surface area contributed by atoms with Crippen molar-refractivity contribution < 1.29 is 0 Å². The second-order valence-electron chi connectivity index (χ2n) is 3.27. The number of hydrogen-bond donors (Lipinski definition) is 1. The molecule has 0 unspecified atom stereocenters. The maximum atomic E-state index is 4.35. The fourth-order valence-electron chi connectivity index (χ4n) is 1.16. The molecule has 2 aromatic rings. The third-order valence-corrected chi connectivity index (χ3v) is 2.74. The van der Waals surface area contributed by atoms with Crippen LogP contribution < -0.4 is 5.32 Å². The first-order chi connectivity index (χ1) is 7.24. The van der Waals surface area contributed by atoms with Crippen LogP contribution in [0.2, 0.25) is 0 Å². The van der Waals surface area contributed by atoms with Crippen LogP contribution in [0.15, 0.2) is 17.5 Å². The molecule has 2 aromatic heterocycles. The van der Waals surface area contributed by atoms with E-state index in [4.69, 9.17) is 0 Å². The first kappa shape index (κ1) is 10.0. The third kappa shape index (κ3) is 2.73. The summed E-state index contributed by atoms with van der Waals surface area (Å²) in [5, 5.41) is 14.3. The summed E-state index contributed by atoms with van der Waals surface area (Å²) in [6, 6.07) is 3.85. The van der Waals surface area contributed by atoms with Crippen molar-refractivity contribution in [3.8, 4) is 0 Å². The van der Waals surface area contributed by atoms with Crippen molar-refractivity contribution >= 4 is 17.2 Å². The van der Waals surface area contributed by atoms with Crippen molar-refractivity contribution in [2.45, 2.75) is 20.4 Å². The summed E-state index contributed by atoms with van der Waals surface area (Å²) in [6.45, 7) is 4.61. The Morgan fingerprint density at radius 1 is 1.27 bits per heavy atom. The molecule has 2 heterocycles. The van der Waals surface area contributed by atoms with Crippen molar-refractivity contribution in [2.75, 3.05) is 5.32 Å². The lowest BCUT2D eigenvalue weighted by Gasteiger charge is -2.01. The number of aromatic nitrogens is 3. The van der Waals surface area contributed by atoms with Crippen LogP contribution in [0.1, 0.15) is 16.4 Å². The molecule has 0 aliphatic carbocycles. The molecule has 0 spiro atoms. The van der Waals surface area contributed by atoms with Gasteiger partial charge >= 0.3 is 0 Å². The fraction of sp³-hybridized carbons (Fsp3) is 0.300. The maximum Gasteiger partial charge on any atom is 0.148 e. The van der Waals surface area contributed by atoms with Gasteiger partial charge in [0.15, 0.2) is 0 Å². The zero-order valence-electron chi connectivity index (χ0n) is 8.69.